The summed E-state index contributed by atoms with van der Waals surface area (Å²) >= 11 is 0. The predicted molar refractivity (Wildman–Crippen MR) is 102 cm³/mol. The van der Waals surface area contributed by atoms with Crippen molar-refractivity contribution in [2.24, 2.45) is 0 Å². The second-order valence-corrected chi connectivity index (χ2v) is 8.03. The number of sulfone groups is 1. The zero-order chi connectivity index (χ0) is 19.1. The van der Waals surface area contributed by atoms with Crippen molar-refractivity contribution in [3.05, 3.63) is 78.8 Å². The fourth-order valence-electron chi connectivity index (χ4n) is 2.51. The van der Waals surface area contributed by atoms with E-state index in [-0.39, 0.29) is 29.5 Å². The first-order valence-corrected chi connectivity index (χ1v) is 10.1. The third-order valence-corrected chi connectivity index (χ3v) is 5.69. The number of nitrogens with zero attached hydrogens (tertiary/aromatic N) is 2. The van der Waals surface area contributed by atoms with Gasteiger partial charge in [-0.25, -0.2) is 18.4 Å². The fourth-order valence-corrected chi connectivity index (χ4v) is 3.77. The van der Waals surface area contributed by atoms with Crippen LogP contribution in [0.2, 0.25) is 0 Å². The van der Waals surface area contributed by atoms with Gasteiger partial charge in [0.1, 0.15) is 6.33 Å². The summed E-state index contributed by atoms with van der Waals surface area (Å²) in [4.78, 5) is 20.6. The van der Waals surface area contributed by atoms with Gasteiger partial charge in [0.25, 0.3) is 0 Å². The maximum Gasteiger partial charge on any atom is 0.221 e. The highest BCUT2D eigenvalue weighted by Gasteiger charge is 2.16. The topological polar surface area (TPSA) is 89.0 Å². The van der Waals surface area contributed by atoms with E-state index in [0.29, 0.717) is 5.69 Å². The highest BCUT2D eigenvalue weighted by Crippen LogP contribution is 2.16. The molecule has 0 saturated heterocycles. The van der Waals surface area contributed by atoms with Crippen LogP contribution in [0, 0.1) is 0 Å². The van der Waals surface area contributed by atoms with E-state index in [4.69, 9.17) is 0 Å². The molecule has 1 N–H and O–H groups in total. The Morgan fingerprint density at radius 2 is 1.59 bits per heavy atom. The minimum atomic E-state index is -3.47. The zero-order valence-electron chi connectivity index (χ0n) is 14.6. The van der Waals surface area contributed by atoms with E-state index in [1.807, 2.05) is 30.3 Å². The van der Waals surface area contributed by atoms with Crippen molar-refractivity contribution in [2.45, 2.75) is 17.9 Å². The van der Waals surface area contributed by atoms with E-state index in [1.165, 1.54) is 18.5 Å². The Morgan fingerprint density at radius 3 is 2.30 bits per heavy atom. The van der Waals surface area contributed by atoms with E-state index < -0.39 is 9.84 Å². The molecule has 1 amide bonds. The number of carbonyl (C=O) groups is 1. The van der Waals surface area contributed by atoms with Gasteiger partial charge in [0.2, 0.25) is 5.91 Å². The largest absolute Gasteiger partial charge is 0.350 e. The van der Waals surface area contributed by atoms with Crippen LogP contribution < -0.4 is 5.32 Å². The molecular formula is C20H19N3O3S. The van der Waals surface area contributed by atoms with Gasteiger partial charge in [0.05, 0.1) is 28.6 Å². The maximum absolute atomic E-state index is 12.2. The summed E-state index contributed by atoms with van der Waals surface area (Å²) in [6.45, 7) is 0.215. The summed E-state index contributed by atoms with van der Waals surface area (Å²) in [7, 11) is -3.47. The van der Waals surface area contributed by atoms with Crippen LogP contribution in [0.25, 0.3) is 11.3 Å². The van der Waals surface area contributed by atoms with E-state index in [0.717, 1.165) is 11.3 Å². The van der Waals surface area contributed by atoms with Crippen LogP contribution in [0.1, 0.15) is 12.1 Å². The van der Waals surface area contributed by atoms with Crippen molar-refractivity contribution in [2.75, 3.05) is 5.75 Å². The number of aromatic nitrogens is 2. The normalized spacial score (nSPS) is 11.1. The Hall–Kier alpha value is -3.06. The lowest BCUT2D eigenvalue weighted by molar-refractivity contribution is -0.120. The summed E-state index contributed by atoms with van der Waals surface area (Å²) in [5.74, 6) is -0.573. The summed E-state index contributed by atoms with van der Waals surface area (Å²) in [5.41, 5.74) is 2.38. The number of rotatable bonds is 7. The first kappa shape index (κ1) is 18.7. The maximum atomic E-state index is 12.2. The summed E-state index contributed by atoms with van der Waals surface area (Å²) in [6, 6.07) is 19.6. The molecule has 0 aliphatic heterocycles. The quantitative estimate of drug-likeness (QED) is 0.680. The molecule has 0 aliphatic rings. The van der Waals surface area contributed by atoms with Gasteiger partial charge in [-0.2, -0.15) is 0 Å². The molecular weight excluding hydrogens is 362 g/mol. The lowest BCUT2D eigenvalue weighted by Crippen LogP contribution is -2.25. The van der Waals surface area contributed by atoms with Crippen LogP contribution in [-0.4, -0.2) is 30.0 Å². The SMILES string of the molecule is O=C(CCS(=O)(=O)c1ccccc1)NCc1cc(-c2ccccc2)ncn1. The van der Waals surface area contributed by atoms with Gasteiger partial charge >= 0.3 is 0 Å². The summed E-state index contributed by atoms with van der Waals surface area (Å²) in [6.07, 6.45) is 1.34. The standard InChI is InChI=1S/C20H19N3O3S/c24-20(11-12-27(25,26)18-9-5-2-6-10-18)21-14-17-13-19(23-15-22-17)16-7-3-1-4-8-16/h1-10,13,15H,11-12,14H2,(H,21,24). The second-order valence-electron chi connectivity index (χ2n) is 5.92. The molecule has 0 bridgehead atoms. The first-order valence-electron chi connectivity index (χ1n) is 8.45. The smallest absolute Gasteiger partial charge is 0.221 e. The molecule has 7 heteroatoms. The number of hydrogen-bond donors (Lipinski definition) is 1. The molecule has 1 aromatic heterocycles. The van der Waals surface area contributed by atoms with Gasteiger partial charge in [-0.05, 0) is 18.2 Å². The lowest BCUT2D eigenvalue weighted by Gasteiger charge is -2.07. The van der Waals surface area contributed by atoms with Gasteiger partial charge < -0.3 is 5.32 Å². The second kappa shape index (κ2) is 8.55. The average molecular weight is 381 g/mol. The third kappa shape index (κ3) is 5.21. The predicted octanol–water partition coefficient (Wildman–Crippen LogP) is 2.62. The minimum absolute atomic E-state index is 0.103. The van der Waals surface area contributed by atoms with E-state index in [1.54, 1.807) is 24.3 Å². The first-order chi connectivity index (χ1) is 13.0. The van der Waals surface area contributed by atoms with Crippen molar-refractivity contribution < 1.29 is 13.2 Å². The Labute approximate surface area is 158 Å². The van der Waals surface area contributed by atoms with E-state index in [9.17, 15) is 13.2 Å². The Kier molecular flexibility index (Phi) is 5.93. The third-order valence-electron chi connectivity index (χ3n) is 3.96. The number of benzene rings is 2. The number of amides is 1. The molecule has 0 spiro atoms. The number of nitrogens with one attached hydrogen (secondary N) is 1. The molecule has 0 aliphatic carbocycles. The molecule has 6 nitrogen and oxygen atoms in total. The molecule has 2 aromatic carbocycles. The molecule has 0 fully saturated rings. The Morgan fingerprint density at radius 1 is 0.926 bits per heavy atom. The van der Waals surface area contributed by atoms with Gasteiger partial charge in [0.15, 0.2) is 9.84 Å². The molecule has 0 atom stereocenters. The van der Waals surface area contributed by atoms with Crippen LogP contribution >= 0.6 is 0 Å². The van der Waals surface area contributed by atoms with Crippen molar-refractivity contribution in [3.63, 3.8) is 0 Å². The molecule has 0 unspecified atom stereocenters. The van der Waals surface area contributed by atoms with Crippen molar-refractivity contribution >= 4 is 15.7 Å². The molecule has 3 rings (SSSR count). The lowest BCUT2D eigenvalue weighted by atomic mass is 10.1. The highest BCUT2D eigenvalue weighted by atomic mass is 32.2. The molecule has 3 aromatic rings. The average Bonchev–Trinajstić information content (AvgIpc) is 2.72. The van der Waals surface area contributed by atoms with Crippen LogP contribution in [0.15, 0.2) is 78.0 Å². The van der Waals surface area contributed by atoms with E-state index >= 15 is 0 Å². The molecule has 138 valence electrons. The summed E-state index contributed by atoms with van der Waals surface area (Å²) < 4.78 is 24.4. The fraction of sp³-hybridized carbons (Fsp3) is 0.150. The van der Waals surface area contributed by atoms with Gasteiger partial charge in [-0.15, -0.1) is 0 Å². The molecule has 0 saturated carbocycles. The van der Waals surface area contributed by atoms with Crippen molar-refractivity contribution in [1.29, 1.82) is 0 Å². The monoisotopic (exact) mass is 381 g/mol. The van der Waals surface area contributed by atoms with Crippen LogP contribution in [-0.2, 0) is 21.2 Å². The molecule has 1 heterocycles. The van der Waals surface area contributed by atoms with Gasteiger partial charge in [-0.3, -0.25) is 4.79 Å². The number of carbonyl (C=O) groups excluding carboxylic acids is 1. The molecule has 27 heavy (non-hydrogen) atoms. The van der Waals surface area contributed by atoms with E-state index in [2.05, 4.69) is 15.3 Å². The van der Waals surface area contributed by atoms with Crippen LogP contribution in [0.4, 0.5) is 0 Å². The zero-order valence-corrected chi connectivity index (χ0v) is 15.4. The van der Waals surface area contributed by atoms with Crippen molar-refractivity contribution in [1.82, 2.24) is 15.3 Å². The summed E-state index contributed by atoms with van der Waals surface area (Å²) in [5, 5.41) is 2.71. The van der Waals surface area contributed by atoms with Gasteiger partial charge in [-0.1, -0.05) is 48.5 Å². The van der Waals surface area contributed by atoms with Crippen LogP contribution in [0.3, 0.4) is 0 Å². The van der Waals surface area contributed by atoms with Gasteiger partial charge in [0, 0.05) is 12.0 Å². The minimum Gasteiger partial charge on any atom is -0.350 e. The Bertz CT molecular complexity index is 1010. The Balaban J connectivity index is 1.55. The highest BCUT2D eigenvalue weighted by molar-refractivity contribution is 7.91. The van der Waals surface area contributed by atoms with Crippen LogP contribution in [0.5, 0.6) is 0 Å². The molecule has 0 radical (unpaired) electrons. The van der Waals surface area contributed by atoms with Crippen molar-refractivity contribution in [3.8, 4) is 11.3 Å². The number of hydrogen-bond acceptors (Lipinski definition) is 5.